The third-order valence-corrected chi connectivity index (χ3v) is 4.82. The second kappa shape index (κ2) is 8.54. The largest absolute Gasteiger partial charge is 0.454 e. The number of nitrogens with one attached hydrogen (secondary N) is 1. The highest BCUT2D eigenvalue weighted by Crippen LogP contribution is 2.17. The van der Waals surface area contributed by atoms with Crippen LogP contribution in [-0.2, 0) is 13.1 Å². The molecule has 9 heteroatoms. The average molecular weight is 426 g/mol. The number of aromatic nitrogens is 4. The first-order chi connectivity index (χ1) is 14.5. The van der Waals surface area contributed by atoms with Crippen molar-refractivity contribution >= 4 is 28.4 Å². The van der Waals surface area contributed by atoms with Crippen molar-refractivity contribution in [3.8, 4) is 0 Å². The van der Waals surface area contributed by atoms with Gasteiger partial charge >= 0.3 is 0 Å². The SMILES string of the molecule is CCCN(Cc1nc2cc(Cl)ccc2c(=O)[nH]1)C(=O)c1ccc(Cn2cccn2)o1. The van der Waals surface area contributed by atoms with E-state index in [1.165, 1.54) is 0 Å². The molecule has 0 aliphatic heterocycles. The van der Waals surface area contributed by atoms with E-state index in [2.05, 4.69) is 15.1 Å². The lowest BCUT2D eigenvalue weighted by Gasteiger charge is -2.20. The van der Waals surface area contributed by atoms with Gasteiger partial charge in [-0.05, 0) is 42.8 Å². The topological polar surface area (TPSA) is 97.0 Å². The Balaban J connectivity index is 1.56. The van der Waals surface area contributed by atoms with Gasteiger partial charge in [-0.3, -0.25) is 14.3 Å². The Bertz CT molecular complexity index is 1230. The van der Waals surface area contributed by atoms with Crippen LogP contribution >= 0.6 is 11.6 Å². The van der Waals surface area contributed by atoms with E-state index in [0.717, 1.165) is 6.42 Å². The highest BCUT2D eigenvalue weighted by Gasteiger charge is 2.20. The molecule has 0 radical (unpaired) electrons. The van der Waals surface area contributed by atoms with Crippen molar-refractivity contribution in [2.45, 2.75) is 26.4 Å². The molecule has 0 aliphatic carbocycles. The lowest BCUT2D eigenvalue weighted by molar-refractivity contribution is 0.0704. The van der Waals surface area contributed by atoms with Gasteiger partial charge in [-0.25, -0.2) is 4.98 Å². The van der Waals surface area contributed by atoms with Crippen molar-refractivity contribution in [3.05, 3.63) is 81.5 Å². The van der Waals surface area contributed by atoms with Gasteiger partial charge in [0.1, 0.15) is 11.6 Å². The van der Waals surface area contributed by atoms with Gasteiger partial charge in [0.05, 0.1) is 24.0 Å². The molecule has 4 aromatic rings. The lowest BCUT2D eigenvalue weighted by Crippen LogP contribution is -2.32. The van der Waals surface area contributed by atoms with Gasteiger partial charge in [-0.2, -0.15) is 5.10 Å². The Kier molecular flexibility index (Phi) is 5.67. The summed E-state index contributed by atoms with van der Waals surface area (Å²) in [6.45, 7) is 3.06. The van der Waals surface area contributed by atoms with Gasteiger partial charge in [0.2, 0.25) is 0 Å². The smallest absolute Gasteiger partial charge is 0.289 e. The van der Waals surface area contributed by atoms with E-state index in [0.29, 0.717) is 40.6 Å². The monoisotopic (exact) mass is 425 g/mol. The highest BCUT2D eigenvalue weighted by molar-refractivity contribution is 6.31. The number of aromatic amines is 1. The number of halogens is 1. The Morgan fingerprint density at radius 1 is 1.30 bits per heavy atom. The number of amides is 1. The molecule has 0 saturated heterocycles. The van der Waals surface area contributed by atoms with E-state index in [4.69, 9.17) is 16.0 Å². The molecule has 0 saturated carbocycles. The van der Waals surface area contributed by atoms with Gasteiger partial charge in [0.25, 0.3) is 11.5 Å². The molecule has 0 aliphatic rings. The zero-order valence-electron chi connectivity index (χ0n) is 16.3. The van der Waals surface area contributed by atoms with Gasteiger partial charge < -0.3 is 14.3 Å². The molecule has 3 heterocycles. The third-order valence-electron chi connectivity index (χ3n) is 4.59. The van der Waals surface area contributed by atoms with Gasteiger partial charge in [0, 0.05) is 24.0 Å². The normalized spacial score (nSPS) is 11.1. The molecule has 0 bridgehead atoms. The van der Waals surface area contributed by atoms with E-state index >= 15 is 0 Å². The number of carbonyl (C=O) groups is 1. The molecule has 4 rings (SSSR count). The van der Waals surface area contributed by atoms with Crippen LogP contribution in [0.3, 0.4) is 0 Å². The first-order valence-electron chi connectivity index (χ1n) is 9.57. The fourth-order valence-electron chi connectivity index (χ4n) is 3.23. The van der Waals surface area contributed by atoms with Crippen LogP contribution in [0.5, 0.6) is 0 Å². The molecule has 1 N–H and O–H groups in total. The third kappa shape index (κ3) is 4.28. The van der Waals surface area contributed by atoms with E-state index < -0.39 is 0 Å². The summed E-state index contributed by atoms with van der Waals surface area (Å²) in [4.78, 5) is 34.2. The zero-order valence-corrected chi connectivity index (χ0v) is 17.1. The number of hydrogen-bond donors (Lipinski definition) is 1. The van der Waals surface area contributed by atoms with E-state index in [9.17, 15) is 9.59 Å². The number of hydrogen-bond acceptors (Lipinski definition) is 5. The zero-order chi connectivity index (χ0) is 21.1. The molecule has 1 aromatic carbocycles. The van der Waals surface area contributed by atoms with Crippen molar-refractivity contribution in [2.24, 2.45) is 0 Å². The average Bonchev–Trinajstić information content (AvgIpc) is 3.39. The van der Waals surface area contributed by atoms with Crippen LogP contribution < -0.4 is 5.56 Å². The summed E-state index contributed by atoms with van der Waals surface area (Å²) in [6.07, 6.45) is 4.25. The second-order valence-electron chi connectivity index (χ2n) is 6.87. The number of H-pyrrole nitrogens is 1. The predicted molar refractivity (Wildman–Crippen MR) is 112 cm³/mol. The number of rotatable bonds is 7. The van der Waals surface area contributed by atoms with E-state index in [1.54, 1.807) is 46.1 Å². The van der Waals surface area contributed by atoms with Crippen LogP contribution in [0.4, 0.5) is 0 Å². The quantitative estimate of drug-likeness (QED) is 0.489. The van der Waals surface area contributed by atoms with Crippen molar-refractivity contribution < 1.29 is 9.21 Å². The van der Waals surface area contributed by atoms with Gasteiger partial charge in [-0.15, -0.1) is 0 Å². The van der Waals surface area contributed by atoms with Crippen LogP contribution in [0, 0.1) is 0 Å². The van der Waals surface area contributed by atoms with Crippen LogP contribution in [0.25, 0.3) is 10.9 Å². The molecule has 154 valence electrons. The van der Waals surface area contributed by atoms with Gasteiger partial charge in [0.15, 0.2) is 5.76 Å². The Labute approximate surface area is 177 Å². The maximum absolute atomic E-state index is 13.0. The second-order valence-corrected chi connectivity index (χ2v) is 7.31. The van der Waals surface area contributed by atoms with Crippen LogP contribution in [0.1, 0.15) is 35.5 Å². The molecule has 0 fully saturated rings. The number of carbonyl (C=O) groups excluding carboxylic acids is 1. The Hall–Kier alpha value is -3.39. The minimum Gasteiger partial charge on any atom is -0.454 e. The molecular formula is C21H20ClN5O3. The summed E-state index contributed by atoms with van der Waals surface area (Å²) in [5.74, 6) is 0.986. The number of fused-ring (bicyclic) bond motifs is 1. The predicted octanol–water partition coefficient (Wildman–Crippen LogP) is 3.47. The maximum atomic E-state index is 13.0. The summed E-state index contributed by atoms with van der Waals surface area (Å²) in [7, 11) is 0. The summed E-state index contributed by atoms with van der Waals surface area (Å²) < 4.78 is 7.45. The lowest BCUT2D eigenvalue weighted by atomic mass is 10.2. The molecule has 0 spiro atoms. The fourth-order valence-corrected chi connectivity index (χ4v) is 3.39. The molecule has 30 heavy (non-hydrogen) atoms. The van der Waals surface area contributed by atoms with Crippen LogP contribution in [-0.4, -0.2) is 37.1 Å². The van der Waals surface area contributed by atoms with Crippen molar-refractivity contribution in [2.75, 3.05) is 6.54 Å². The first kappa shape index (κ1) is 19.9. The summed E-state index contributed by atoms with van der Waals surface area (Å²) in [5.41, 5.74) is 0.222. The highest BCUT2D eigenvalue weighted by atomic mass is 35.5. The van der Waals surface area contributed by atoms with Crippen molar-refractivity contribution in [1.82, 2.24) is 24.6 Å². The first-order valence-corrected chi connectivity index (χ1v) is 9.95. The standard InChI is InChI=1S/C21H20ClN5O3/c1-2-9-26(13-19-24-17-11-14(22)4-6-16(17)20(28)25-19)21(29)18-7-5-15(30-18)12-27-10-3-8-23-27/h3-8,10-11H,2,9,12-13H2,1H3,(H,24,25,28). The Morgan fingerprint density at radius 2 is 2.17 bits per heavy atom. The fraction of sp³-hybridized carbons (Fsp3) is 0.238. The van der Waals surface area contributed by atoms with Crippen LogP contribution in [0.15, 0.2) is 58.0 Å². The maximum Gasteiger partial charge on any atom is 0.289 e. The summed E-state index contributed by atoms with van der Waals surface area (Å²) in [5, 5.41) is 5.08. The van der Waals surface area contributed by atoms with Crippen LogP contribution in [0.2, 0.25) is 5.02 Å². The molecule has 0 atom stereocenters. The summed E-state index contributed by atoms with van der Waals surface area (Å²) >= 11 is 6.03. The van der Waals surface area contributed by atoms with E-state index in [1.807, 2.05) is 19.2 Å². The molecule has 8 nitrogen and oxygen atoms in total. The molecule has 3 aromatic heterocycles. The van der Waals surface area contributed by atoms with E-state index in [-0.39, 0.29) is 23.8 Å². The number of benzene rings is 1. The van der Waals surface area contributed by atoms with Gasteiger partial charge in [-0.1, -0.05) is 18.5 Å². The summed E-state index contributed by atoms with van der Waals surface area (Å²) in [6, 6.07) is 10.1. The number of furan rings is 1. The van der Waals surface area contributed by atoms with Crippen molar-refractivity contribution in [1.29, 1.82) is 0 Å². The number of nitrogens with zero attached hydrogens (tertiary/aromatic N) is 4. The molecular weight excluding hydrogens is 406 g/mol. The Morgan fingerprint density at radius 3 is 2.93 bits per heavy atom. The molecule has 1 amide bonds. The van der Waals surface area contributed by atoms with Crippen molar-refractivity contribution in [3.63, 3.8) is 0 Å². The molecule has 0 unspecified atom stereocenters. The minimum atomic E-state index is -0.268. The minimum absolute atomic E-state index is 0.152.